The largest absolute Gasteiger partial charge is 0.474 e. The number of carbonyl (C=O) groups excluding carboxylic acids is 1. The fraction of sp³-hybridized carbons (Fsp3) is 0.381. The number of benzene rings is 1. The van der Waals surface area contributed by atoms with Crippen LogP contribution in [0.3, 0.4) is 0 Å². The molecule has 0 radical (unpaired) electrons. The molecule has 1 aromatic heterocycles. The highest BCUT2D eigenvalue weighted by Gasteiger charge is 2.17. The molecule has 0 aliphatic heterocycles. The number of hydrogen-bond acceptors (Lipinski definition) is 5. The third kappa shape index (κ3) is 6.30. The van der Waals surface area contributed by atoms with E-state index in [0.717, 1.165) is 29.7 Å². The zero-order valence-corrected chi connectivity index (χ0v) is 16.0. The standard InChI is InChI=1S/C21H23N3O2S/c22-12-16-5-7-17(8-6-16)14-27-15-20(25)24-13-18-9-10-23-21(11-18)26-19-3-1-2-4-19/h5-11,19H,1-4,13-15H2,(H,24,25). The molecule has 0 atom stereocenters. The van der Waals surface area contributed by atoms with E-state index in [9.17, 15) is 4.79 Å². The first-order valence-electron chi connectivity index (χ1n) is 9.18. The Morgan fingerprint density at radius 1 is 1.22 bits per heavy atom. The lowest BCUT2D eigenvalue weighted by atomic mass is 10.2. The second-order valence-electron chi connectivity index (χ2n) is 6.60. The average molecular weight is 382 g/mol. The first-order chi connectivity index (χ1) is 13.2. The minimum Gasteiger partial charge on any atom is -0.474 e. The number of amides is 1. The van der Waals surface area contributed by atoms with Gasteiger partial charge in [-0.2, -0.15) is 5.26 Å². The maximum atomic E-state index is 12.0. The van der Waals surface area contributed by atoms with E-state index in [1.54, 1.807) is 30.1 Å². The molecule has 0 unspecified atom stereocenters. The van der Waals surface area contributed by atoms with Crippen LogP contribution in [-0.4, -0.2) is 22.7 Å². The average Bonchev–Trinajstić information content (AvgIpc) is 3.20. The Morgan fingerprint density at radius 2 is 2.00 bits per heavy atom. The minimum absolute atomic E-state index is 0.00344. The number of nitriles is 1. The van der Waals surface area contributed by atoms with Gasteiger partial charge in [0.05, 0.1) is 17.4 Å². The van der Waals surface area contributed by atoms with Crippen LogP contribution in [0.15, 0.2) is 42.6 Å². The third-order valence-corrected chi connectivity index (χ3v) is 5.47. The zero-order valence-electron chi connectivity index (χ0n) is 15.2. The SMILES string of the molecule is N#Cc1ccc(CSCC(=O)NCc2ccnc(OC3CCCC3)c2)cc1. The fourth-order valence-electron chi connectivity index (χ4n) is 2.99. The molecular formula is C21H23N3O2S. The van der Waals surface area contributed by atoms with Crippen LogP contribution < -0.4 is 10.1 Å². The highest BCUT2D eigenvalue weighted by Crippen LogP contribution is 2.23. The van der Waals surface area contributed by atoms with Crippen LogP contribution in [-0.2, 0) is 17.1 Å². The van der Waals surface area contributed by atoms with Gasteiger partial charge in [0.15, 0.2) is 0 Å². The smallest absolute Gasteiger partial charge is 0.230 e. The monoisotopic (exact) mass is 381 g/mol. The molecule has 3 rings (SSSR count). The maximum absolute atomic E-state index is 12.0. The zero-order chi connectivity index (χ0) is 18.9. The van der Waals surface area contributed by atoms with E-state index in [1.165, 1.54) is 12.8 Å². The van der Waals surface area contributed by atoms with Crippen LogP contribution in [0.2, 0.25) is 0 Å². The Balaban J connectivity index is 1.38. The second kappa shape index (κ2) is 9.98. The number of nitrogens with one attached hydrogen (secondary N) is 1. The normalized spacial score (nSPS) is 13.9. The van der Waals surface area contributed by atoms with Crippen molar-refractivity contribution in [3.8, 4) is 11.9 Å². The van der Waals surface area contributed by atoms with Crippen LogP contribution >= 0.6 is 11.8 Å². The van der Waals surface area contributed by atoms with Crippen molar-refractivity contribution in [1.82, 2.24) is 10.3 Å². The molecule has 140 valence electrons. The van der Waals surface area contributed by atoms with Crippen molar-refractivity contribution < 1.29 is 9.53 Å². The van der Waals surface area contributed by atoms with E-state index in [-0.39, 0.29) is 12.0 Å². The molecule has 1 N–H and O–H groups in total. The number of aromatic nitrogens is 1. The summed E-state index contributed by atoms with van der Waals surface area (Å²) in [6, 6.07) is 13.3. The Morgan fingerprint density at radius 3 is 2.74 bits per heavy atom. The molecule has 1 amide bonds. The highest BCUT2D eigenvalue weighted by atomic mass is 32.2. The van der Waals surface area contributed by atoms with E-state index in [1.807, 2.05) is 24.3 Å². The Labute approximate surface area is 164 Å². The lowest BCUT2D eigenvalue weighted by Crippen LogP contribution is -2.24. The topological polar surface area (TPSA) is 75.0 Å². The fourth-order valence-corrected chi connectivity index (χ4v) is 3.81. The van der Waals surface area contributed by atoms with Gasteiger partial charge in [-0.3, -0.25) is 4.79 Å². The molecule has 5 nitrogen and oxygen atoms in total. The van der Waals surface area contributed by atoms with Gasteiger partial charge < -0.3 is 10.1 Å². The molecule has 0 bridgehead atoms. The minimum atomic E-state index is 0.00344. The highest BCUT2D eigenvalue weighted by molar-refractivity contribution is 7.99. The number of nitrogens with zero attached hydrogens (tertiary/aromatic N) is 2. The van der Waals surface area contributed by atoms with Crippen LogP contribution in [0, 0.1) is 11.3 Å². The summed E-state index contributed by atoms with van der Waals surface area (Å²) in [5.74, 6) is 1.79. The number of carbonyl (C=O) groups is 1. The van der Waals surface area contributed by atoms with Gasteiger partial charge in [-0.05, 0) is 55.0 Å². The molecule has 6 heteroatoms. The third-order valence-electron chi connectivity index (χ3n) is 4.46. The van der Waals surface area contributed by atoms with Crippen molar-refractivity contribution in [3.63, 3.8) is 0 Å². The number of thioether (sulfide) groups is 1. The van der Waals surface area contributed by atoms with E-state index in [4.69, 9.17) is 10.00 Å². The molecule has 0 spiro atoms. The molecule has 2 aromatic rings. The predicted molar refractivity (Wildman–Crippen MR) is 106 cm³/mol. The Bertz CT molecular complexity index is 796. The van der Waals surface area contributed by atoms with E-state index in [2.05, 4.69) is 16.4 Å². The van der Waals surface area contributed by atoms with E-state index >= 15 is 0 Å². The quantitative estimate of drug-likeness (QED) is 0.752. The van der Waals surface area contributed by atoms with Crippen LogP contribution in [0.1, 0.15) is 42.4 Å². The van der Waals surface area contributed by atoms with E-state index in [0.29, 0.717) is 23.7 Å². The first kappa shape index (κ1) is 19.2. The summed E-state index contributed by atoms with van der Waals surface area (Å²) in [5.41, 5.74) is 2.74. The molecule has 1 fully saturated rings. The Kier molecular flexibility index (Phi) is 7.11. The molecule has 1 aliphatic rings. The van der Waals surface area contributed by atoms with Gasteiger partial charge in [-0.1, -0.05) is 12.1 Å². The Hall–Kier alpha value is -2.52. The van der Waals surface area contributed by atoms with Crippen molar-refractivity contribution in [1.29, 1.82) is 5.26 Å². The van der Waals surface area contributed by atoms with Crippen molar-refractivity contribution >= 4 is 17.7 Å². The predicted octanol–water partition coefficient (Wildman–Crippen LogP) is 3.82. The van der Waals surface area contributed by atoms with Gasteiger partial charge in [0.2, 0.25) is 11.8 Å². The van der Waals surface area contributed by atoms with Crippen molar-refractivity contribution in [2.75, 3.05) is 5.75 Å². The van der Waals surface area contributed by atoms with Crippen LogP contribution in [0.5, 0.6) is 5.88 Å². The lowest BCUT2D eigenvalue weighted by Gasteiger charge is -2.13. The summed E-state index contributed by atoms with van der Waals surface area (Å²) in [5, 5.41) is 11.7. The molecule has 27 heavy (non-hydrogen) atoms. The molecule has 1 saturated carbocycles. The summed E-state index contributed by atoms with van der Waals surface area (Å²) in [7, 11) is 0. The summed E-state index contributed by atoms with van der Waals surface area (Å²) >= 11 is 1.56. The van der Waals surface area contributed by atoms with Crippen LogP contribution in [0.4, 0.5) is 0 Å². The van der Waals surface area contributed by atoms with E-state index < -0.39 is 0 Å². The van der Waals surface area contributed by atoms with Gasteiger partial charge in [0.25, 0.3) is 0 Å². The second-order valence-corrected chi connectivity index (χ2v) is 7.59. The van der Waals surface area contributed by atoms with Gasteiger partial charge in [0.1, 0.15) is 6.10 Å². The summed E-state index contributed by atoms with van der Waals surface area (Å²) < 4.78 is 5.91. The maximum Gasteiger partial charge on any atom is 0.230 e. The molecule has 1 aromatic carbocycles. The molecular weight excluding hydrogens is 358 g/mol. The molecule has 1 aliphatic carbocycles. The van der Waals surface area contributed by atoms with Gasteiger partial charge in [-0.25, -0.2) is 4.98 Å². The van der Waals surface area contributed by atoms with Crippen molar-refractivity contribution in [3.05, 3.63) is 59.3 Å². The lowest BCUT2D eigenvalue weighted by molar-refractivity contribution is -0.118. The van der Waals surface area contributed by atoms with Crippen molar-refractivity contribution in [2.45, 2.75) is 44.1 Å². The number of ether oxygens (including phenoxy) is 1. The molecule has 0 saturated heterocycles. The summed E-state index contributed by atoms with van der Waals surface area (Å²) in [6.07, 6.45) is 6.64. The van der Waals surface area contributed by atoms with Crippen LogP contribution in [0.25, 0.3) is 0 Å². The molecule has 1 heterocycles. The number of rotatable bonds is 8. The van der Waals surface area contributed by atoms with Crippen molar-refractivity contribution in [2.24, 2.45) is 0 Å². The van der Waals surface area contributed by atoms with Gasteiger partial charge >= 0.3 is 0 Å². The summed E-state index contributed by atoms with van der Waals surface area (Å²) in [4.78, 5) is 16.3. The number of pyridine rings is 1. The summed E-state index contributed by atoms with van der Waals surface area (Å²) in [6.45, 7) is 0.472. The number of hydrogen-bond donors (Lipinski definition) is 1. The van der Waals surface area contributed by atoms with Gasteiger partial charge in [-0.15, -0.1) is 11.8 Å². The first-order valence-corrected chi connectivity index (χ1v) is 10.3. The van der Waals surface area contributed by atoms with Gasteiger partial charge in [0, 0.05) is 24.6 Å².